The molecule has 0 saturated heterocycles. The molecule has 0 spiro atoms. The molecule has 1 aromatic heterocycles. The minimum Gasteiger partial charge on any atom is -0.337 e. The standard InChI is InChI=1S/C17H15F2N3OS/c18-13-5-4-12(8-14(13)19)16-21-9-15(24-16)17(23)22(7-1-6-20)10-11-2-3-11/h4-5,8-9,11H,1-3,7,10H2. The monoisotopic (exact) mass is 347 g/mol. The molecule has 0 aliphatic heterocycles. The molecule has 3 rings (SSSR count). The van der Waals surface area contributed by atoms with Crippen LogP contribution in [0.1, 0.15) is 28.9 Å². The van der Waals surface area contributed by atoms with Crippen LogP contribution < -0.4 is 0 Å². The lowest BCUT2D eigenvalue weighted by atomic mass is 10.2. The largest absolute Gasteiger partial charge is 0.337 e. The second kappa shape index (κ2) is 7.05. The minimum absolute atomic E-state index is 0.163. The van der Waals surface area contributed by atoms with Crippen LogP contribution in [0.15, 0.2) is 24.4 Å². The second-order valence-electron chi connectivity index (χ2n) is 5.76. The van der Waals surface area contributed by atoms with Crippen molar-refractivity contribution in [1.82, 2.24) is 9.88 Å². The fourth-order valence-electron chi connectivity index (χ4n) is 2.36. The Labute approximate surface area is 142 Å². The molecule has 1 amide bonds. The van der Waals surface area contributed by atoms with Gasteiger partial charge in [-0.2, -0.15) is 5.26 Å². The third kappa shape index (κ3) is 3.77. The quantitative estimate of drug-likeness (QED) is 0.797. The summed E-state index contributed by atoms with van der Waals surface area (Å²) >= 11 is 1.14. The van der Waals surface area contributed by atoms with Crippen molar-refractivity contribution in [2.75, 3.05) is 13.1 Å². The van der Waals surface area contributed by atoms with Crippen molar-refractivity contribution in [2.45, 2.75) is 19.3 Å². The number of carbonyl (C=O) groups excluding carboxylic acids is 1. The zero-order chi connectivity index (χ0) is 17.1. The lowest BCUT2D eigenvalue weighted by Crippen LogP contribution is -2.33. The van der Waals surface area contributed by atoms with Gasteiger partial charge in [0.25, 0.3) is 5.91 Å². The highest BCUT2D eigenvalue weighted by Gasteiger charge is 2.28. The molecule has 0 N–H and O–H groups in total. The van der Waals surface area contributed by atoms with Gasteiger partial charge in [-0.1, -0.05) is 0 Å². The van der Waals surface area contributed by atoms with Crippen molar-refractivity contribution >= 4 is 17.2 Å². The zero-order valence-corrected chi connectivity index (χ0v) is 13.7. The predicted molar refractivity (Wildman–Crippen MR) is 86.3 cm³/mol. The molecule has 7 heteroatoms. The highest BCUT2D eigenvalue weighted by molar-refractivity contribution is 7.16. The molecular formula is C17H15F2N3OS. The molecule has 0 radical (unpaired) electrons. The summed E-state index contributed by atoms with van der Waals surface area (Å²) in [5.74, 6) is -1.51. The Balaban J connectivity index is 1.78. The molecule has 1 saturated carbocycles. The predicted octanol–water partition coefficient (Wildman–Crippen LogP) is 3.85. The highest BCUT2D eigenvalue weighted by atomic mass is 32.1. The summed E-state index contributed by atoms with van der Waals surface area (Å²) < 4.78 is 26.4. The van der Waals surface area contributed by atoms with Gasteiger partial charge < -0.3 is 4.90 Å². The number of nitriles is 1. The Morgan fingerprint density at radius 1 is 1.38 bits per heavy atom. The maximum absolute atomic E-state index is 13.3. The van der Waals surface area contributed by atoms with Gasteiger partial charge in [-0.3, -0.25) is 4.79 Å². The Morgan fingerprint density at radius 3 is 2.83 bits per heavy atom. The fraction of sp³-hybridized carbons (Fsp3) is 0.353. The van der Waals surface area contributed by atoms with E-state index < -0.39 is 11.6 Å². The number of hydrogen-bond donors (Lipinski definition) is 0. The van der Waals surface area contributed by atoms with E-state index >= 15 is 0 Å². The van der Waals surface area contributed by atoms with Crippen LogP contribution in [-0.4, -0.2) is 28.9 Å². The molecule has 0 atom stereocenters. The van der Waals surface area contributed by atoms with Crippen molar-refractivity contribution in [1.29, 1.82) is 5.26 Å². The topological polar surface area (TPSA) is 57.0 Å². The van der Waals surface area contributed by atoms with Crippen molar-refractivity contribution < 1.29 is 13.6 Å². The van der Waals surface area contributed by atoms with E-state index in [1.54, 1.807) is 4.90 Å². The second-order valence-corrected chi connectivity index (χ2v) is 6.79. The van der Waals surface area contributed by atoms with E-state index in [0.717, 1.165) is 36.3 Å². The molecular weight excluding hydrogens is 332 g/mol. The molecule has 1 fully saturated rings. The summed E-state index contributed by atoms with van der Waals surface area (Å²) in [5.41, 5.74) is 0.434. The van der Waals surface area contributed by atoms with Crippen molar-refractivity contribution in [3.63, 3.8) is 0 Å². The average molecular weight is 347 g/mol. The first-order chi connectivity index (χ1) is 11.6. The zero-order valence-electron chi connectivity index (χ0n) is 12.8. The first-order valence-electron chi connectivity index (χ1n) is 7.66. The molecule has 4 nitrogen and oxygen atoms in total. The van der Waals surface area contributed by atoms with E-state index in [-0.39, 0.29) is 12.3 Å². The first kappa shape index (κ1) is 16.5. The van der Waals surface area contributed by atoms with Gasteiger partial charge >= 0.3 is 0 Å². The Kier molecular flexibility index (Phi) is 4.86. The molecule has 2 aromatic rings. The van der Waals surface area contributed by atoms with Gasteiger partial charge in [0, 0.05) is 18.7 Å². The maximum atomic E-state index is 13.3. The number of carbonyl (C=O) groups is 1. The summed E-state index contributed by atoms with van der Waals surface area (Å²) in [5, 5.41) is 9.22. The number of nitrogens with zero attached hydrogens (tertiary/aromatic N) is 3. The molecule has 24 heavy (non-hydrogen) atoms. The first-order valence-corrected chi connectivity index (χ1v) is 8.47. The summed E-state index contributed by atoms with van der Waals surface area (Å²) in [6.45, 7) is 1.04. The molecule has 1 aromatic carbocycles. The van der Waals surface area contributed by atoms with Gasteiger partial charge in [-0.25, -0.2) is 13.8 Å². The Morgan fingerprint density at radius 2 is 2.17 bits per heavy atom. The number of thiazole rings is 1. The summed E-state index contributed by atoms with van der Waals surface area (Å²) in [6, 6.07) is 5.60. The van der Waals surface area contributed by atoms with Crippen molar-refractivity contribution in [3.05, 3.63) is 40.9 Å². The van der Waals surface area contributed by atoms with Crippen LogP contribution in [0, 0.1) is 28.9 Å². The smallest absolute Gasteiger partial charge is 0.265 e. The van der Waals surface area contributed by atoms with Gasteiger partial charge in [-0.05, 0) is 37.0 Å². The van der Waals surface area contributed by atoms with Crippen LogP contribution in [-0.2, 0) is 0 Å². The van der Waals surface area contributed by atoms with Crippen molar-refractivity contribution in [2.24, 2.45) is 5.92 Å². The molecule has 124 valence electrons. The Bertz CT molecular complexity index is 795. The van der Waals surface area contributed by atoms with E-state index in [1.165, 1.54) is 12.3 Å². The number of halogens is 2. The molecule has 1 aliphatic carbocycles. The van der Waals surface area contributed by atoms with E-state index in [1.807, 2.05) is 0 Å². The molecule has 0 unspecified atom stereocenters. The van der Waals surface area contributed by atoms with Crippen LogP contribution >= 0.6 is 11.3 Å². The minimum atomic E-state index is -0.944. The molecule has 1 heterocycles. The highest BCUT2D eigenvalue weighted by Crippen LogP contribution is 2.31. The number of rotatable bonds is 6. The number of benzene rings is 1. The van der Waals surface area contributed by atoms with E-state index in [2.05, 4.69) is 11.1 Å². The lowest BCUT2D eigenvalue weighted by molar-refractivity contribution is 0.0756. The van der Waals surface area contributed by atoms with Crippen LogP contribution in [0.4, 0.5) is 8.78 Å². The maximum Gasteiger partial charge on any atom is 0.265 e. The average Bonchev–Trinajstić information content (AvgIpc) is 3.26. The van der Waals surface area contributed by atoms with Crippen LogP contribution in [0.2, 0.25) is 0 Å². The number of aromatic nitrogens is 1. The van der Waals surface area contributed by atoms with Crippen LogP contribution in [0.25, 0.3) is 10.6 Å². The molecule has 0 bridgehead atoms. The van der Waals surface area contributed by atoms with Crippen LogP contribution in [0.5, 0.6) is 0 Å². The van der Waals surface area contributed by atoms with E-state index in [4.69, 9.17) is 5.26 Å². The van der Waals surface area contributed by atoms with Gasteiger partial charge in [-0.15, -0.1) is 11.3 Å². The van der Waals surface area contributed by atoms with Gasteiger partial charge in [0.1, 0.15) is 9.88 Å². The van der Waals surface area contributed by atoms with Crippen LogP contribution in [0.3, 0.4) is 0 Å². The number of hydrogen-bond acceptors (Lipinski definition) is 4. The third-order valence-electron chi connectivity index (χ3n) is 3.84. The number of amides is 1. The lowest BCUT2D eigenvalue weighted by Gasteiger charge is -2.20. The van der Waals surface area contributed by atoms with Gasteiger partial charge in [0.15, 0.2) is 11.6 Å². The van der Waals surface area contributed by atoms with E-state index in [9.17, 15) is 13.6 Å². The Hall–Kier alpha value is -2.33. The normalized spacial score (nSPS) is 13.5. The SMILES string of the molecule is N#CCCN(CC1CC1)C(=O)c1cnc(-c2ccc(F)c(F)c2)s1. The fourth-order valence-corrected chi connectivity index (χ4v) is 3.24. The molecule has 1 aliphatic rings. The third-order valence-corrected chi connectivity index (χ3v) is 4.87. The van der Waals surface area contributed by atoms with Crippen molar-refractivity contribution in [3.8, 4) is 16.6 Å². The summed E-state index contributed by atoms with van der Waals surface area (Å²) in [4.78, 5) is 18.9. The van der Waals surface area contributed by atoms with Gasteiger partial charge in [0.05, 0.1) is 18.7 Å². The van der Waals surface area contributed by atoms with Gasteiger partial charge in [0.2, 0.25) is 0 Å². The summed E-state index contributed by atoms with van der Waals surface area (Å²) in [6.07, 6.45) is 3.96. The van der Waals surface area contributed by atoms with E-state index in [0.29, 0.717) is 34.5 Å². The summed E-state index contributed by atoms with van der Waals surface area (Å²) in [7, 11) is 0.